The quantitative estimate of drug-likeness (QED) is 0.259. The van der Waals surface area contributed by atoms with E-state index in [0.29, 0.717) is 11.5 Å². The highest BCUT2D eigenvalue weighted by Crippen LogP contribution is 2.43. The number of rotatable bonds is 10. The maximum Gasteiger partial charge on any atom is 0.344 e. The van der Waals surface area contributed by atoms with Crippen LogP contribution in [0.2, 0.25) is 0 Å². The van der Waals surface area contributed by atoms with Crippen molar-refractivity contribution in [2.75, 3.05) is 26.4 Å². The average molecular weight is 434 g/mol. The third-order valence-corrected chi connectivity index (χ3v) is 4.72. The standard InChI is InChI=1S/C26H26O6/c1-5-11-29-23(27)15-31-25-19-9-7-17(3)13-21(19)26(32-16-24(28)30-12-6-2)22-14-18(4)8-10-20(22)25/h5-10,13-14H,1-2,11-12,15-16H2,3-4H3. The van der Waals surface area contributed by atoms with Gasteiger partial charge in [-0.15, -0.1) is 0 Å². The Labute approximate surface area is 187 Å². The maximum atomic E-state index is 12.0. The lowest BCUT2D eigenvalue weighted by Gasteiger charge is -2.18. The van der Waals surface area contributed by atoms with Gasteiger partial charge in [-0.3, -0.25) is 0 Å². The Balaban J connectivity index is 2.09. The molecule has 0 heterocycles. The molecule has 0 aliphatic heterocycles. The third kappa shape index (κ3) is 5.27. The van der Waals surface area contributed by atoms with E-state index >= 15 is 0 Å². The molecule has 0 radical (unpaired) electrons. The summed E-state index contributed by atoms with van der Waals surface area (Å²) in [5.74, 6) is 0.124. The van der Waals surface area contributed by atoms with E-state index < -0.39 is 11.9 Å². The first-order valence-corrected chi connectivity index (χ1v) is 10.2. The molecule has 0 amide bonds. The predicted molar refractivity (Wildman–Crippen MR) is 124 cm³/mol. The molecule has 0 atom stereocenters. The van der Waals surface area contributed by atoms with Crippen LogP contribution >= 0.6 is 0 Å². The van der Waals surface area contributed by atoms with Crippen molar-refractivity contribution in [2.24, 2.45) is 0 Å². The van der Waals surface area contributed by atoms with Gasteiger partial charge in [0.2, 0.25) is 0 Å². The summed E-state index contributed by atoms with van der Waals surface area (Å²) in [6.07, 6.45) is 3.00. The number of hydrogen-bond donors (Lipinski definition) is 0. The number of carbonyl (C=O) groups is 2. The summed E-state index contributed by atoms with van der Waals surface area (Å²) in [7, 11) is 0. The fraction of sp³-hybridized carbons (Fsp3) is 0.231. The first kappa shape index (κ1) is 22.9. The minimum Gasteiger partial charge on any atom is -0.481 e. The molecule has 3 rings (SSSR count). The molecule has 0 N–H and O–H groups in total. The van der Waals surface area contributed by atoms with Crippen LogP contribution in [-0.4, -0.2) is 38.4 Å². The molecule has 0 aliphatic carbocycles. The molecule has 6 nitrogen and oxygen atoms in total. The molecule has 0 aliphatic rings. The van der Waals surface area contributed by atoms with Gasteiger partial charge in [-0.2, -0.15) is 0 Å². The lowest BCUT2D eigenvalue weighted by Crippen LogP contribution is -2.16. The van der Waals surface area contributed by atoms with E-state index in [4.69, 9.17) is 18.9 Å². The Morgan fingerprint density at radius 3 is 1.53 bits per heavy atom. The number of fused-ring (bicyclic) bond motifs is 2. The van der Waals surface area contributed by atoms with Crippen LogP contribution in [0.1, 0.15) is 11.1 Å². The minimum atomic E-state index is -0.490. The number of aryl methyl sites for hydroxylation is 2. The molecule has 0 spiro atoms. The summed E-state index contributed by atoms with van der Waals surface area (Å²) >= 11 is 0. The van der Waals surface area contributed by atoms with Gasteiger partial charge in [-0.25, -0.2) is 9.59 Å². The van der Waals surface area contributed by atoms with Gasteiger partial charge < -0.3 is 18.9 Å². The number of hydrogen-bond acceptors (Lipinski definition) is 6. The third-order valence-electron chi connectivity index (χ3n) is 4.72. The topological polar surface area (TPSA) is 71.1 Å². The van der Waals surface area contributed by atoms with E-state index in [1.54, 1.807) is 0 Å². The lowest BCUT2D eigenvalue weighted by atomic mass is 9.98. The summed E-state index contributed by atoms with van der Waals surface area (Å²) in [4.78, 5) is 24.0. The second kappa shape index (κ2) is 10.5. The van der Waals surface area contributed by atoms with Crippen LogP contribution in [-0.2, 0) is 19.1 Å². The second-order valence-electron chi connectivity index (χ2n) is 7.28. The largest absolute Gasteiger partial charge is 0.481 e. The summed E-state index contributed by atoms with van der Waals surface area (Å²) in [6.45, 7) is 10.8. The zero-order valence-electron chi connectivity index (χ0n) is 18.3. The Kier molecular flexibility index (Phi) is 7.49. The van der Waals surface area contributed by atoms with Gasteiger partial charge in [-0.05, 0) is 26.0 Å². The number of benzene rings is 3. The van der Waals surface area contributed by atoms with Crippen LogP contribution in [0.15, 0.2) is 61.7 Å². The van der Waals surface area contributed by atoms with E-state index in [1.165, 1.54) is 12.2 Å². The van der Waals surface area contributed by atoms with Gasteiger partial charge in [0.1, 0.15) is 24.7 Å². The van der Waals surface area contributed by atoms with E-state index in [2.05, 4.69) is 13.2 Å². The maximum absolute atomic E-state index is 12.0. The van der Waals surface area contributed by atoms with E-state index in [0.717, 1.165) is 32.7 Å². The predicted octanol–water partition coefficient (Wildman–Crippen LogP) is 4.83. The second-order valence-corrected chi connectivity index (χ2v) is 7.28. The zero-order valence-corrected chi connectivity index (χ0v) is 18.3. The van der Waals surface area contributed by atoms with Crippen LogP contribution in [0.25, 0.3) is 21.5 Å². The van der Waals surface area contributed by atoms with Gasteiger partial charge >= 0.3 is 11.9 Å². The van der Waals surface area contributed by atoms with Crippen LogP contribution in [0.5, 0.6) is 11.5 Å². The van der Waals surface area contributed by atoms with Crippen molar-refractivity contribution in [1.82, 2.24) is 0 Å². The smallest absolute Gasteiger partial charge is 0.344 e. The Morgan fingerprint density at radius 2 is 1.12 bits per heavy atom. The normalized spacial score (nSPS) is 10.6. The highest BCUT2D eigenvalue weighted by atomic mass is 16.6. The molecule has 166 valence electrons. The summed E-state index contributed by atoms with van der Waals surface area (Å²) in [5.41, 5.74) is 2.03. The van der Waals surface area contributed by atoms with Crippen molar-refractivity contribution in [3.05, 3.63) is 72.8 Å². The molecule has 0 saturated carbocycles. The molecule has 3 aromatic carbocycles. The van der Waals surface area contributed by atoms with Crippen LogP contribution in [0.4, 0.5) is 0 Å². The monoisotopic (exact) mass is 434 g/mol. The van der Waals surface area contributed by atoms with Gasteiger partial charge in [-0.1, -0.05) is 60.7 Å². The molecule has 3 aromatic rings. The molecular weight excluding hydrogens is 408 g/mol. The Bertz CT molecular complexity index is 1120. The highest BCUT2D eigenvalue weighted by Gasteiger charge is 2.19. The minimum absolute atomic E-state index is 0.122. The Hall–Kier alpha value is -3.80. The molecule has 0 unspecified atom stereocenters. The van der Waals surface area contributed by atoms with Gasteiger partial charge in [0.15, 0.2) is 13.2 Å². The molecule has 6 heteroatoms. The van der Waals surface area contributed by atoms with Crippen LogP contribution in [0.3, 0.4) is 0 Å². The highest BCUT2D eigenvalue weighted by molar-refractivity contribution is 6.11. The molecular formula is C26H26O6. The summed E-state index contributed by atoms with van der Waals surface area (Å²) in [6, 6.07) is 11.7. The van der Waals surface area contributed by atoms with Gasteiger partial charge in [0.25, 0.3) is 0 Å². The summed E-state index contributed by atoms with van der Waals surface area (Å²) in [5, 5.41) is 3.07. The number of carbonyl (C=O) groups excluding carboxylic acids is 2. The zero-order chi connectivity index (χ0) is 23.1. The van der Waals surface area contributed by atoms with Crippen molar-refractivity contribution in [1.29, 1.82) is 0 Å². The first-order valence-electron chi connectivity index (χ1n) is 10.2. The molecule has 0 aromatic heterocycles. The van der Waals surface area contributed by atoms with E-state index in [9.17, 15) is 9.59 Å². The van der Waals surface area contributed by atoms with E-state index in [1.807, 2.05) is 50.2 Å². The molecule has 32 heavy (non-hydrogen) atoms. The van der Waals surface area contributed by atoms with E-state index in [-0.39, 0.29) is 26.4 Å². The fourth-order valence-electron chi connectivity index (χ4n) is 3.34. The van der Waals surface area contributed by atoms with Crippen molar-refractivity contribution < 1.29 is 28.5 Å². The van der Waals surface area contributed by atoms with Gasteiger partial charge in [0, 0.05) is 21.5 Å². The average Bonchev–Trinajstić information content (AvgIpc) is 2.78. The fourth-order valence-corrected chi connectivity index (χ4v) is 3.34. The lowest BCUT2D eigenvalue weighted by molar-refractivity contribution is -0.145. The Morgan fingerprint density at radius 1 is 0.719 bits per heavy atom. The van der Waals surface area contributed by atoms with Crippen molar-refractivity contribution in [3.8, 4) is 11.5 Å². The number of esters is 2. The molecule has 0 fully saturated rings. The number of ether oxygens (including phenoxy) is 4. The van der Waals surface area contributed by atoms with Crippen molar-refractivity contribution in [3.63, 3.8) is 0 Å². The molecule has 0 bridgehead atoms. The van der Waals surface area contributed by atoms with Crippen molar-refractivity contribution >= 4 is 33.5 Å². The van der Waals surface area contributed by atoms with Crippen molar-refractivity contribution in [2.45, 2.75) is 13.8 Å². The SMILES string of the molecule is C=CCOC(=O)COc1c2ccc(C)cc2c(OCC(=O)OCC=C)c2cc(C)ccc12. The summed E-state index contributed by atoms with van der Waals surface area (Å²) < 4.78 is 22.0. The van der Waals surface area contributed by atoms with Gasteiger partial charge in [0.05, 0.1) is 0 Å². The van der Waals surface area contributed by atoms with Crippen LogP contribution < -0.4 is 9.47 Å². The van der Waals surface area contributed by atoms with Crippen LogP contribution in [0, 0.1) is 13.8 Å². The molecule has 0 saturated heterocycles. The first-order chi connectivity index (χ1) is 15.4.